The molecule has 1 aromatic rings. The first-order chi connectivity index (χ1) is 12.4. The van der Waals surface area contributed by atoms with Crippen LogP contribution < -0.4 is 5.32 Å². The summed E-state index contributed by atoms with van der Waals surface area (Å²) >= 11 is 0. The highest BCUT2D eigenvalue weighted by Crippen LogP contribution is 2.21. The Morgan fingerprint density at radius 3 is 2.73 bits per heavy atom. The van der Waals surface area contributed by atoms with Gasteiger partial charge in [0.1, 0.15) is 5.84 Å². The van der Waals surface area contributed by atoms with E-state index >= 15 is 0 Å². The maximum absolute atomic E-state index is 12.6. The zero-order chi connectivity index (χ0) is 19.2. The zero-order valence-electron chi connectivity index (χ0n) is 15.9. The molecule has 1 saturated heterocycles. The summed E-state index contributed by atoms with van der Waals surface area (Å²) in [6, 6.07) is 6.34. The lowest BCUT2D eigenvalue weighted by Gasteiger charge is -2.15. The minimum Gasteiger partial charge on any atom is -0.362 e. The quantitative estimate of drug-likeness (QED) is 0.748. The number of hydrogen-bond acceptors (Lipinski definition) is 3. The molecule has 0 aliphatic carbocycles. The topological polar surface area (TPSA) is 78.8 Å². The van der Waals surface area contributed by atoms with Crippen LogP contribution in [0.1, 0.15) is 52.4 Å². The zero-order valence-corrected chi connectivity index (χ0v) is 16.7. The van der Waals surface area contributed by atoms with Gasteiger partial charge in [-0.25, -0.2) is 0 Å². The lowest BCUT2D eigenvalue weighted by atomic mass is 9.98. The summed E-state index contributed by atoms with van der Waals surface area (Å²) in [5, 5.41) is 2.85. The molecule has 0 radical (unpaired) electrons. The Bertz CT molecular complexity index is 759. The highest BCUT2D eigenvalue weighted by molar-refractivity contribution is 7.90. The summed E-state index contributed by atoms with van der Waals surface area (Å²) in [5.41, 5.74) is 0.492. The maximum atomic E-state index is 12.6. The largest absolute Gasteiger partial charge is 0.362 e. The van der Waals surface area contributed by atoms with E-state index in [0.717, 1.165) is 38.6 Å². The molecule has 0 aromatic heterocycles. The Balaban J connectivity index is 2.15. The summed E-state index contributed by atoms with van der Waals surface area (Å²) in [6.07, 6.45) is 5.25. The van der Waals surface area contributed by atoms with Crippen molar-refractivity contribution in [3.63, 3.8) is 0 Å². The van der Waals surface area contributed by atoms with Gasteiger partial charge in [0.05, 0.1) is 4.90 Å². The second-order valence-corrected chi connectivity index (χ2v) is 8.38. The molecule has 1 aliphatic rings. The molecule has 1 unspecified atom stereocenters. The van der Waals surface area contributed by atoms with Crippen molar-refractivity contribution in [3.05, 3.63) is 24.3 Å². The van der Waals surface area contributed by atoms with E-state index in [-0.39, 0.29) is 16.7 Å². The minimum atomic E-state index is -3.78. The average Bonchev–Trinajstić information content (AvgIpc) is 3.00. The van der Waals surface area contributed by atoms with E-state index in [0.29, 0.717) is 17.9 Å². The van der Waals surface area contributed by atoms with Gasteiger partial charge in [0, 0.05) is 31.6 Å². The minimum absolute atomic E-state index is 0.0532. The number of hydrogen-bond donors (Lipinski definition) is 1. The normalized spacial score (nSPS) is 17.5. The average molecular weight is 380 g/mol. The predicted octanol–water partition coefficient (Wildman–Crippen LogP) is 3.65. The number of nitrogens with zero attached hydrogens (tertiary/aromatic N) is 2. The molecule has 1 aromatic carbocycles. The van der Waals surface area contributed by atoms with Gasteiger partial charge in [-0.05, 0) is 37.5 Å². The maximum Gasteiger partial charge on any atom is 0.284 e. The van der Waals surface area contributed by atoms with E-state index in [1.165, 1.54) is 12.1 Å². The van der Waals surface area contributed by atoms with Crippen LogP contribution in [-0.2, 0) is 14.8 Å². The van der Waals surface area contributed by atoms with Crippen molar-refractivity contribution in [2.75, 3.05) is 18.9 Å². The molecule has 26 heavy (non-hydrogen) atoms. The Morgan fingerprint density at radius 1 is 1.35 bits per heavy atom. The predicted molar refractivity (Wildman–Crippen MR) is 105 cm³/mol. The first-order valence-corrected chi connectivity index (χ1v) is 10.8. The van der Waals surface area contributed by atoms with Crippen molar-refractivity contribution in [2.45, 2.75) is 57.3 Å². The number of amidine groups is 1. The summed E-state index contributed by atoms with van der Waals surface area (Å²) in [5.74, 6) is 0.477. The Kier molecular flexibility index (Phi) is 7.20. The fourth-order valence-corrected chi connectivity index (χ4v) is 4.19. The van der Waals surface area contributed by atoms with Gasteiger partial charge in [0.15, 0.2) is 0 Å². The fraction of sp³-hybridized carbons (Fsp3) is 0.579. The van der Waals surface area contributed by atoms with Crippen molar-refractivity contribution < 1.29 is 13.2 Å². The first-order valence-electron chi connectivity index (χ1n) is 9.33. The standard InChI is InChI=1S/C19H29N3O3S/c1-4-6-9-15(5-2)19(23)20-16-10-7-11-17(14-16)26(24,25)21-18-12-8-13-22(18)3/h7,10-11,14-15H,4-6,8-9,12-13H2,1-3H3,(H,20,23). The number of amides is 1. The molecule has 1 atom stereocenters. The van der Waals surface area contributed by atoms with Crippen molar-refractivity contribution in [3.8, 4) is 0 Å². The van der Waals surface area contributed by atoms with E-state index in [1.54, 1.807) is 12.1 Å². The summed E-state index contributed by atoms with van der Waals surface area (Å²) in [4.78, 5) is 14.4. The number of anilines is 1. The molecule has 1 N–H and O–H groups in total. The molecule has 2 rings (SSSR count). The number of carbonyl (C=O) groups excluding carboxylic acids is 1. The molecule has 1 aliphatic heterocycles. The molecule has 0 saturated carbocycles. The van der Waals surface area contributed by atoms with Crippen LogP contribution in [0.2, 0.25) is 0 Å². The molecule has 1 amide bonds. The number of nitrogens with one attached hydrogen (secondary N) is 1. The summed E-state index contributed by atoms with van der Waals surface area (Å²) in [6.45, 7) is 4.91. The van der Waals surface area contributed by atoms with Crippen LogP contribution in [0, 0.1) is 5.92 Å². The Labute approximate surface area is 156 Å². The van der Waals surface area contributed by atoms with Gasteiger partial charge < -0.3 is 10.2 Å². The molecule has 1 fully saturated rings. The van der Waals surface area contributed by atoms with Crippen LogP contribution in [-0.4, -0.2) is 38.7 Å². The lowest BCUT2D eigenvalue weighted by molar-refractivity contribution is -0.120. The van der Waals surface area contributed by atoms with Gasteiger partial charge in [-0.3, -0.25) is 4.79 Å². The second kappa shape index (κ2) is 9.16. The van der Waals surface area contributed by atoms with E-state index in [2.05, 4.69) is 16.6 Å². The lowest BCUT2D eigenvalue weighted by Crippen LogP contribution is -2.22. The van der Waals surface area contributed by atoms with E-state index in [4.69, 9.17) is 0 Å². The summed E-state index contributed by atoms with van der Waals surface area (Å²) in [7, 11) is -1.93. The third-order valence-electron chi connectivity index (χ3n) is 4.73. The Morgan fingerprint density at radius 2 is 2.12 bits per heavy atom. The van der Waals surface area contributed by atoms with Crippen LogP contribution in [0.25, 0.3) is 0 Å². The molecule has 144 valence electrons. The number of sulfonamides is 1. The smallest absolute Gasteiger partial charge is 0.284 e. The van der Waals surface area contributed by atoms with Gasteiger partial charge in [0.25, 0.3) is 10.0 Å². The van der Waals surface area contributed by atoms with Gasteiger partial charge in [-0.15, -0.1) is 4.40 Å². The van der Waals surface area contributed by atoms with E-state index in [1.807, 2.05) is 18.9 Å². The van der Waals surface area contributed by atoms with Crippen LogP contribution >= 0.6 is 0 Å². The van der Waals surface area contributed by atoms with Gasteiger partial charge in [0.2, 0.25) is 5.91 Å². The number of likely N-dealkylation sites (tertiary alicyclic amines) is 1. The number of benzene rings is 1. The Hall–Kier alpha value is -1.89. The molecule has 0 spiro atoms. The first kappa shape index (κ1) is 20.4. The van der Waals surface area contributed by atoms with Gasteiger partial charge >= 0.3 is 0 Å². The van der Waals surface area contributed by atoms with Crippen LogP contribution in [0.4, 0.5) is 5.69 Å². The highest BCUT2D eigenvalue weighted by atomic mass is 32.2. The molecular formula is C19H29N3O3S. The highest BCUT2D eigenvalue weighted by Gasteiger charge is 2.21. The molecule has 0 bridgehead atoms. The second-order valence-electron chi connectivity index (χ2n) is 6.77. The van der Waals surface area contributed by atoms with E-state index < -0.39 is 10.0 Å². The van der Waals surface area contributed by atoms with Crippen LogP contribution in [0.5, 0.6) is 0 Å². The van der Waals surface area contributed by atoms with Crippen molar-refractivity contribution in [1.82, 2.24) is 4.90 Å². The molecule has 6 nitrogen and oxygen atoms in total. The number of rotatable bonds is 8. The SMILES string of the molecule is CCCCC(CC)C(=O)Nc1cccc(S(=O)(=O)N=C2CCCN2C)c1. The third-order valence-corrected chi connectivity index (χ3v) is 6.03. The molecule has 1 heterocycles. The summed E-state index contributed by atoms with van der Waals surface area (Å²) < 4.78 is 29.1. The third kappa shape index (κ3) is 5.30. The van der Waals surface area contributed by atoms with E-state index in [9.17, 15) is 13.2 Å². The fourth-order valence-electron chi connectivity index (χ4n) is 3.05. The number of unbranched alkanes of at least 4 members (excludes halogenated alkanes) is 1. The van der Waals surface area contributed by atoms with Gasteiger partial charge in [-0.1, -0.05) is 32.8 Å². The van der Waals surface area contributed by atoms with Crippen molar-refractivity contribution in [2.24, 2.45) is 10.3 Å². The van der Waals surface area contributed by atoms with Crippen molar-refractivity contribution in [1.29, 1.82) is 0 Å². The van der Waals surface area contributed by atoms with Gasteiger partial charge in [-0.2, -0.15) is 8.42 Å². The van der Waals surface area contributed by atoms with Crippen LogP contribution in [0.15, 0.2) is 33.6 Å². The molecule has 7 heteroatoms. The number of carbonyl (C=O) groups is 1. The van der Waals surface area contributed by atoms with Crippen molar-refractivity contribution >= 4 is 27.5 Å². The van der Waals surface area contributed by atoms with Crippen LogP contribution in [0.3, 0.4) is 0 Å². The molecular weight excluding hydrogens is 350 g/mol. The monoisotopic (exact) mass is 379 g/mol.